The summed E-state index contributed by atoms with van der Waals surface area (Å²) in [5, 5.41) is 6.92. The van der Waals surface area contributed by atoms with E-state index in [0.29, 0.717) is 17.2 Å². The molecule has 1 aliphatic heterocycles. The van der Waals surface area contributed by atoms with Gasteiger partial charge < -0.3 is 10.6 Å². The van der Waals surface area contributed by atoms with E-state index >= 15 is 0 Å². The van der Waals surface area contributed by atoms with Gasteiger partial charge in [-0.05, 0) is 61.5 Å². The van der Waals surface area contributed by atoms with Gasteiger partial charge in [0.25, 0.3) is 5.91 Å². The Balaban J connectivity index is 1.43. The Kier molecular flexibility index (Phi) is 6.08. The van der Waals surface area contributed by atoms with Gasteiger partial charge in [-0.2, -0.15) is 0 Å². The second-order valence-electron chi connectivity index (χ2n) is 11.1. The minimum atomic E-state index is -0.222. The number of nitrogens with one attached hydrogen (secondary N) is 2. The lowest BCUT2D eigenvalue weighted by Gasteiger charge is -2.45. The number of fused-ring (bicyclic) bond motifs is 3. The maximum absolute atomic E-state index is 13.7. The van der Waals surface area contributed by atoms with Crippen LogP contribution in [-0.2, 0) is 6.54 Å². The first-order valence-corrected chi connectivity index (χ1v) is 12.8. The van der Waals surface area contributed by atoms with Gasteiger partial charge >= 0.3 is 0 Å². The van der Waals surface area contributed by atoms with Gasteiger partial charge in [-0.15, -0.1) is 6.58 Å². The fourth-order valence-electron chi connectivity index (χ4n) is 7.27. The smallest absolute Gasteiger partial charge is 0.288 e. The first-order chi connectivity index (χ1) is 15.9. The number of carbonyl (C=O) groups is 1. The van der Waals surface area contributed by atoms with E-state index in [0.717, 1.165) is 69.1 Å². The van der Waals surface area contributed by atoms with E-state index in [9.17, 15) is 4.79 Å². The molecule has 0 radical (unpaired) electrons. The van der Waals surface area contributed by atoms with Crippen LogP contribution in [0.1, 0.15) is 68.7 Å². The van der Waals surface area contributed by atoms with Crippen molar-refractivity contribution in [1.29, 1.82) is 0 Å². The summed E-state index contributed by atoms with van der Waals surface area (Å²) in [4.78, 5) is 21.1. The monoisotopic (exact) mass is 449 g/mol. The van der Waals surface area contributed by atoms with Gasteiger partial charge in [0.05, 0.1) is 11.2 Å². The molecule has 178 valence electrons. The minimum Gasteiger partial charge on any atom is -0.344 e. The Morgan fingerprint density at radius 2 is 2.12 bits per heavy atom. The predicted octanol–water partition coefficient (Wildman–Crippen LogP) is 4.02. The number of carbonyl (C=O) groups excluding carboxylic acids is 1. The molecule has 3 fully saturated rings. The molecule has 1 saturated heterocycles. The van der Waals surface area contributed by atoms with Crippen molar-refractivity contribution < 1.29 is 4.79 Å². The van der Waals surface area contributed by atoms with Gasteiger partial charge in [-0.25, -0.2) is 4.98 Å². The van der Waals surface area contributed by atoms with Crippen LogP contribution >= 0.6 is 0 Å². The number of imidazole rings is 1. The molecule has 2 saturated carbocycles. The van der Waals surface area contributed by atoms with Gasteiger partial charge in [-0.3, -0.25) is 14.1 Å². The molecule has 6 heteroatoms. The van der Waals surface area contributed by atoms with Crippen molar-refractivity contribution in [3.05, 3.63) is 48.6 Å². The van der Waals surface area contributed by atoms with E-state index in [1.807, 2.05) is 28.8 Å². The molecule has 0 aromatic carbocycles. The van der Waals surface area contributed by atoms with E-state index in [1.54, 1.807) is 0 Å². The van der Waals surface area contributed by atoms with Crippen molar-refractivity contribution in [2.45, 2.75) is 64.5 Å². The van der Waals surface area contributed by atoms with Crippen molar-refractivity contribution in [2.75, 3.05) is 26.2 Å². The van der Waals surface area contributed by atoms with E-state index in [2.05, 4.69) is 42.0 Å². The third-order valence-electron chi connectivity index (χ3n) is 8.44. The molecule has 2 aliphatic carbocycles. The molecule has 0 spiro atoms. The highest BCUT2D eigenvalue weighted by atomic mass is 16.2. The molecule has 2 aromatic heterocycles. The minimum absolute atomic E-state index is 0.0532. The SMILES string of the molecule is C=CC[C@@]1(NC(=O)c2nc(CN3CCNCC3)c3ccccn23)CC2C[C@](C)(C[C@@H]2CC)C1. The Morgan fingerprint density at radius 1 is 1.30 bits per heavy atom. The van der Waals surface area contributed by atoms with Crippen molar-refractivity contribution in [1.82, 2.24) is 24.9 Å². The van der Waals surface area contributed by atoms with Crippen LogP contribution in [0.25, 0.3) is 5.52 Å². The zero-order valence-corrected chi connectivity index (χ0v) is 20.3. The summed E-state index contributed by atoms with van der Waals surface area (Å²) in [6, 6.07) is 6.09. The molecule has 1 amide bonds. The van der Waals surface area contributed by atoms with Crippen LogP contribution < -0.4 is 10.6 Å². The topological polar surface area (TPSA) is 61.7 Å². The fraction of sp³-hybridized carbons (Fsp3) is 0.630. The number of aromatic nitrogens is 2. The summed E-state index contributed by atoms with van der Waals surface area (Å²) >= 11 is 0. The fourth-order valence-corrected chi connectivity index (χ4v) is 7.27. The zero-order chi connectivity index (χ0) is 23.1. The predicted molar refractivity (Wildman–Crippen MR) is 132 cm³/mol. The maximum Gasteiger partial charge on any atom is 0.288 e. The Hall–Kier alpha value is -2.18. The first kappa shape index (κ1) is 22.6. The van der Waals surface area contributed by atoms with Crippen LogP contribution in [0.3, 0.4) is 0 Å². The number of hydrogen-bond acceptors (Lipinski definition) is 4. The molecule has 2 aromatic rings. The zero-order valence-electron chi connectivity index (χ0n) is 20.3. The Labute approximate surface area is 197 Å². The quantitative estimate of drug-likeness (QED) is 0.627. The standard InChI is InChI=1S/C27H39N5O/c1-4-9-27(17-21-16-26(3,19-27)15-20(21)5-2)30-25(33)24-29-22(18-31-13-10-28-11-14-31)23-8-6-7-12-32(23)24/h4,6-8,12,20-21,28H,1,5,9-11,13-19H2,2-3H3,(H,30,33)/t20-,21?,26-,27+/m0/s1. The summed E-state index contributed by atoms with van der Waals surface area (Å²) in [5.74, 6) is 1.92. The molecule has 3 aliphatic rings. The van der Waals surface area contributed by atoms with E-state index < -0.39 is 0 Å². The average molecular weight is 450 g/mol. The molecular formula is C27H39N5O. The second-order valence-corrected chi connectivity index (χ2v) is 11.1. The highest BCUT2D eigenvalue weighted by Gasteiger charge is 2.53. The number of amides is 1. The molecule has 2 bridgehead atoms. The molecule has 3 heterocycles. The van der Waals surface area contributed by atoms with Crippen LogP contribution in [0.5, 0.6) is 0 Å². The van der Waals surface area contributed by atoms with Crippen molar-refractivity contribution >= 4 is 11.4 Å². The lowest BCUT2D eigenvalue weighted by atomic mass is 9.66. The second kappa shape index (κ2) is 8.88. The number of nitrogens with zero attached hydrogens (tertiary/aromatic N) is 3. The van der Waals surface area contributed by atoms with E-state index in [-0.39, 0.29) is 11.4 Å². The highest BCUT2D eigenvalue weighted by Crippen LogP contribution is 2.58. The van der Waals surface area contributed by atoms with Crippen LogP contribution in [0.15, 0.2) is 37.1 Å². The molecule has 5 rings (SSSR count). The van der Waals surface area contributed by atoms with Gasteiger partial charge in [0.1, 0.15) is 0 Å². The van der Waals surface area contributed by atoms with Gasteiger partial charge in [0.15, 0.2) is 0 Å². The van der Waals surface area contributed by atoms with Crippen molar-refractivity contribution in [3.63, 3.8) is 0 Å². The number of rotatable bonds is 7. The maximum atomic E-state index is 13.7. The van der Waals surface area contributed by atoms with Crippen molar-refractivity contribution in [2.24, 2.45) is 17.3 Å². The Morgan fingerprint density at radius 3 is 2.88 bits per heavy atom. The molecule has 33 heavy (non-hydrogen) atoms. The average Bonchev–Trinajstić information content (AvgIpc) is 3.28. The number of pyridine rings is 1. The summed E-state index contributed by atoms with van der Waals surface area (Å²) in [7, 11) is 0. The molecular weight excluding hydrogens is 410 g/mol. The Bertz CT molecular complexity index is 1020. The van der Waals surface area contributed by atoms with Crippen LogP contribution in [-0.4, -0.2) is 51.9 Å². The number of piperazine rings is 1. The highest BCUT2D eigenvalue weighted by molar-refractivity contribution is 5.92. The number of hydrogen-bond donors (Lipinski definition) is 2. The summed E-state index contributed by atoms with van der Waals surface area (Å²) in [6.07, 6.45) is 10.7. The molecule has 1 unspecified atom stereocenters. The lowest BCUT2D eigenvalue weighted by molar-refractivity contribution is 0.0733. The van der Waals surface area contributed by atoms with Crippen LogP contribution in [0.2, 0.25) is 0 Å². The van der Waals surface area contributed by atoms with Crippen LogP contribution in [0.4, 0.5) is 0 Å². The lowest BCUT2D eigenvalue weighted by Crippen LogP contribution is -2.54. The van der Waals surface area contributed by atoms with Gasteiger partial charge in [0.2, 0.25) is 5.82 Å². The molecule has 4 atom stereocenters. The summed E-state index contributed by atoms with van der Waals surface area (Å²) in [5.41, 5.74) is 2.10. The summed E-state index contributed by atoms with van der Waals surface area (Å²) in [6.45, 7) is 13.6. The van der Waals surface area contributed by atoms with E-state index in [4.69, 9.17) is 4.98 Å². The molecule has 6 nitrogen and oxygen atoms in total. The van der Waals surface area contributed by atoms with E-state index in [1.165, 1.54) is 19.3 Å². The normalized spacial score (nSPS) is 32.2. The van der Waals surface area contributed by atoms with Crippen LogP contribution in [0, 0.1) is 17.3 Å². The third kappa shape index (κ3) is 4.35. The first-order valence-electron chi connectivity index (χ1n) is 12.8. The van der Waals surface area contributed by atoms with Gasteiger partial charge in [-0.1, -0.05) is 32.4 Å². The van der Waals surface area contributed by atoms with Crippen molar-refractivity contribution in [3.8, 4) is 0 Å². The molecule has 2 N–H and O–H groups in total. The van der Waals surface area contributed by atoms with Gasteiger partial charge in [0, 0.05) is 44.5 Å². The largest absolute Gasteiger partial charge is 0.344 e. The summed E-state index contributed by atoms with van der Waals surface area (Å²) < 4.78 is 1.97. The third-order valence-corrected chi connectivity index (χ3v) is 8.44.